The summed E-state index contributed by atoms with van der Waals surface area (Å²) in [6, 6.07) is 4.21. The average molecular weight is 372 g/mol. The standard InChI is InChI=1S/C16H20O10/c1-26-10-7-8(4-5-9(10)17)3-2-6-16(25,15(23)24)13(20)11(18)12(19)14(21)22/h2-5,7,11-13,17-20,25H,6H2,1H3,(H,21,22)(H,23,24)/b3-2+/t11-,12+,13+,16-/m1/s1. The molecule has 10 heteroatoms. The van der Waals surface area contributed by atoms with Gasteiger partial charge in [0.25, 0.3) is 0 Å². The highest BCUT2D eigenvalue weighted by Crippen LogP contribution is 2.27. The first-order valence-electron chi connectivity index (χ1n) is 7.31. The van der Waals surface area contributed by atoms with Crippen LogP contribution in [0.5, 0.6) is 11.5 Å². The summed E-state index contributed by atoms with van der Waals surface area (Å²) < 4.78 is 4.91. The summed E-state index contributed by atoms with van der Waals surface area (Å²) in [6.07, 6.45) is -5.61. The van der Waals surface area contributed by atoms with Gasteiger partial charge in [-0.05, 0) is 17.7 Å². The number of aromatic hydroxyl groups is 1. The zero-order valence-corrected chi connectivity index (χ0v) is 13.7. The van der Waals surface area contributed by atoms with Crippen molar-refractivity contribution in [3.05, 3.63) is 29.8 Å². The van der Waals surface area contributed by atoms with Crippen LogP contribution < -0.4 is 4.74 Å². The number of phenolic OH excluding ortho intramolecular Hbond substituents is 1. The topological polar surface area (TPSA) is 185 Å². The molecule has 4 atom stereocenters. The largest absolute Gasteiger partial charge is 0.504 e. The number of carboxylic acids is 2. The molecule has 7 N–H and O–H groups in total. The van der Waals surface area contributed by atoms with E-state index in [2.05, 4.69) is 0 Å². The molecule has 0 spiro atoms. The molecule has 0 aliphatic heterocycles. The van der Waals surface area contributed by atoms with Crippen LogP contribution in [0.4, 0.5) is 0 Å². The number of hydrogen-bond donors (Lipinski definition) is 7. The molecule has 0 aliphatic rings. The van der Waals surface area contributed by atoms with Gasteiger partial charge >= 0.3 is 11.9 Å². The summed E-state index contributed by atoms with van der Waals surface area (Å²) >= 11 is 0. The molecule has 0 saturated carbocycles. The van der Waals surface area contributed by atoms with Gasteiger partial charge in [-0.15, -0.1) is 0 Å². The molecule has 1 aromatic carbocycles. The van der Waals surface area contributed by atoms with Gasteiger partial charge in [0.15, 0.2) is 23.2 Å². The second kappa shape index (κ2) is 8.63. The number of aliphatic hydroxyl groups is 4. The molecule has 0 unspecified atom stereocenters. The first kappa shape index (κ1) is 21.4. The van der Waals surface area contributed by atoms with Crippen molar-refractivity contribution in [2.75, 3.05) is 7.11 Å². The Morgan fingerprint density at radius 3 is 2.35 bits per heavy atom. The molecule has 0 aromatic heterocycles. The predicted octanol–water partition coefficient (Wildman–Crippen LogP) is -1.21. The number of ether oxygens (including phenoxy) is 1. The molecule has 0 aliphatic carbocycles. The number of hydrogen-bond acceptors (Lipinski definition) is 8. The Balaban J connectivity index is 3.00. The fourth-order valence-corrected chi connectivity index (χ4v) is 2.11. The lowest BCUT2D eigenvalue weighted by Crippen LogP contribution is -2.58. The highest BCUT2D eigenvalue weighted by atomic mass is 16.5. The third-order valence-electron chi connectivity index (χ3n) is 3.70. The lowest BCUT2D eigenvalue weighted by molar-refractivity contribution is -0.193. The molecule has 26 heavy (non-hydrogen) atoms. The van der Waals surface area contributed by atoms with Crippen LogP contribution in [0.15, 0.2) is 24.3 Å². The first-order chi connectivity index (χ1) is 12.0. The fraction of sp³-hybridized carbons (Fsp3) is 0.375. The van der Waals surface area contributed by atoms with E-state index in [0.717, 1.165) is 6.08 Å². The molecule has 144 valence electrons. The molecule has 0 saturated heterocycles. The Hall–Kier alpha value is -2.66. The molecular weight excluding hydrogens is 352 g/mol. The van der Waals surface area contributed by atoms with Gasteiger partial charge in [0, 0.05) is 6.42 Å². The van der Waals surface area contributed by atoms with Crippen LogP contribution in [0.2, 0.25) is 0 Å². The van der Waals surface area contributed by atoms with E-state index in [4.69, 9.17) is 14.9 Å². The Labute approximate surface area is 147 Å². The Morgan fingerprint density at radius 2 is 1.85 bits per heavy atom. The van der Waals surface area contributed by atoms with E-state index in [0.29, 0.717) is 5.56 Å². The van der Waals surface area contributed by atoms with Crippen molar-refractivity contribution in [1.82, 2.24) is 0 Å². The zero-order chi connectivity index (χ0) is 20.1. The first-order valence-corrected chi connectivity index (χ1v) is 7.31. The second-order valence-corrected chi connectivity index (χ2v) is 5.49. The molecule has 0 bridgehead atoms. The van der Waals surface area contributed by atoms with Gasteiger partial charge in [-0.25, -0.2) is 9.59 Å². The van der Waals surface area contributed by atoms with Gasteiger partial charge in [-0.3, -0.25) is 0 Å². The van der Waals surface area contributed by atoms with Gasteiger partial charge in [0.2, 0.25) is 0 Å². The smallest absolute Gasteiger partial charge is 0.338 e. The van der Waals surface area contributed by atoms with Crippen molar-refractivity contribution in [3.8, 4) is 11.5 Å². The van der Waals surface area contributed by atoms with Crippen LogP contribution in [0.3, 0.4) is 0 Å². The second-order valence-electron chi connectivity index (χ2n) is 5.49. The highest BCUT2D eigenvalue weighted by molar-refractivity contribution is 5.79. The van der Waals surface area contributed by atoms with Crippen molar-refractivity contribution in [2.45, 2.75) is 30.3 Å². The maximum absolute atomic E-state index is 11.3. The van der Waals surface area contributed by atoms with E-state index in [1.807, 2.05) is 0 Å². The number of aliphatic carboxylic acids is 2. The van der Waals surface area contributed by atoms with Gasteiger partial charge in [0.1, 0.15) is 12.2 Å². The van der Waals surface area contributed by atoms with Crippen molar-refractivity contribution >= 4 is 18.0 Å². The Morgan fingerprint density at radius 1 is 1.23 bits per heavy atom. The van der Waals surface area contributed by atoms with Gasteiger partial charge in [0.05, 0.1) is 7.11 Å². The summed E-state index contributed by atoms with van der Waals surface area (Å²) in [5.41, 5.74) is -2.49. The maximum atomic E-state index is 11.3. The normalized spacial score (nSPS) is 17.3. The van der Waals surface area contributed by atoms with Crippen LogP contribution >= 0.6 is 0 Å². The van der Waals surface area contributed by atoms with Gasteiger partial charge in [-0.2, -0.15) is 0 Å². The Bertz CT molecular complexity index is 686. The molecule has 10 nitrogen and oxygen atoms in total. The van der Waals surface area contributed by atoms with Crippen molar-refractivity contribution in [1.29, 1.82) is 0 Å². The lowest BCUT2D eigenvalue weighted by atomic mass is 9.87. The van der Waals surface area contributed by atoms with Crippen molar-refractivity contribution in [2.24, 2.45) is 0 Å². The fourth-order valence-electron chi connectivity index (χ4n) is 2.11. The summed E-state index contributed by atoms with van der Waals surface area (Å²) in [5, 5.41) is 66.1. The third-order valence-corrected chi connectivity index (χ3v) is 3.70. The van der Waals surface area contributed by atoms with Crippen molar-refractivity contribution < 1.29 is 50.1 Å². The lowest BCUT2D eigenvalue weighted by Gasteiger charge is -2.31. The third kappa shape index (κ3) is 4.70. The molecule has 1 aromatic rings. The van der Waals surface area contributed by atoms with Crippen LogP contribution in [0, 0.1) is 0 Å². The molecule has 0 radical (unpaired) electrons. The van der Waals surface area contributed by atoms with E-state index in [9.17, 15) is 35.1 Å². The number of benzene rings is 1. The minimum Gasteiger partial charge on any atom is -0.504 e. The van der Waals surface area contributed by atoms with Crippen LogP contribution in [-0.2, 0) is 9.59 Å². The zero-order valence-electron chi connectivity index (χ0n) is 13.7. The maximum Gasteiger partial charge on any atom is 0.338 e. The summed E-state index contributed by atoms with van der Waals surface area (Å²) in [5.74, 6) is -3.78. The van der Waals surface area contributed by atoms with E-state index in [1.165, 1.54) is 31.4 Å². The van der Waals surface area contributed by atoms with Crippen LogP contribution in [0.25, 0.3) is 6.08 Å². The minimum atomic E-state index is -2.95. The summed E-state index contributed by atoms with van der Waals surface area (Å²) in [7, 11) is 1.33. The summed E-state index contributed by atoms with van der Waals surface area (Å²) in [4.78, 5) is 21.9. The SMILES string of the molecule is COc1cc(/C=C/C[C@](O)(C(=O)O)[C@@H](O)[C@H](O)[C@H](O)C(=O)O)ccc1O. The Kier molecular flexibility index (Phi) is 7.10. The highest BCUT2D eigenvalue weighted by Gasteiger charge is 2.49. The average Bonchev–Trinajstić information content (AvgIpc) is 2.60. The summed E-state index contributed by atoms with van der Waals surface area (Å²) in [6.45, 7) is 0. The number of carbonyl (C=O) groups is 2. The molecule has 0 heterocycles. The van der Waals surface area contributed by atoms with Crippen LogP contribution in [0.1, 0.15) is 12.0 Å². The number of carboxylic acid groups (broad SMARTS) is 2. The van der Waals surface area contributed by atoms with Gasteiger partial charge in [-0.1, -0.05) is 18.2 Å². The molecule has 0 amide bonds. The van der Waals surface area contributed by atoms with E-state index in [-0.39, 0.29) is 11.5 Å². The van der Waals surface area contributed by atoms with Gasteiger partial charge < -0.3 is 40.5 Å². The molecule has 1 rings (SSSR count). The van der Waals surface area contributed by atoms with E-state index in [1.54, 1.807) is 0 Å². The number of aliphatic hydroxyl groups excluding tert-OH is 3. The van der Waals surface area contributed by atoms with Crippen molar-refractivity contribution in [3.63, 3.8) is 0 Å². The van der Waals surface area contributed by atoms with E-state index >= 15 is 0 Å². The number of methoxy groups -OCH3 is 1. The minimum absolute atomic E-state index is 0.118. The molecular formula is C16H20O10. The quantitative estimate of drug-likeness (QED) is 0.277. The predicted molar refractivity (Wildman–Crippen MR) is 86.6 cm³/mol. The van der Waals surface area contributed by atoms with E-state index < -0.39 is 42.3 Å². The molecule has 0 fully saturated rings. The monoisotopic (exact) mass is 372 g/mol. The number of rotatable bonds is 9. The van der Waals surface area contributed by atoms with Crippen LogP contribution in [-0.4, -0.2) is 78.7 Å². The number of phenols is 1.